The van der Waals surface area contributed by atoms with Gasteiger partial charge in [0, 0.05) is 76.8 Å². The highest BCUT2D eigenvalue weighted by molar-refractivity contribution is 7.80. The number of carboxylic acid groups (broad SMARTS) is 1. The number of aliphatic hydroxyl groups is 1. The van der Waals surface area contributed by atoms with Gasteiger partial charge in [0.15, 0.2) is 10.5 Å². The van der Waals surface area contributed by atoms with Crippen molar-refractivity contribution in [2.45, 2.75) is 92.6 Å². The molecule has 0 fully saturated rings. The fraction of sp³-hybridized carbons (Fsp3) is 0.478. The molecule has 4 atom stereocenters. The molecular weight excluding hydrogens is 813 g/mol. The minimum absolute atomic E-state index is 0.0358. The summed E-state index contributed by atoms with van der Waals surface area (Å²) in [4.78, 5) is 66.2. The maximum Gasteiger partial charge on any atom is 0.336 e. The molecule has 0 aromatic heterocycles. The van der Waals surface area contributed by atoms with Crippen molar-refractivity contribution in [3.63, 3.8) is 0 Å². The summed E-state index contributed by atoms with van der Waals surface area (Å²) in [6, 6.07) is 13.6. The molecule has 4 unspecified atom stereocenters. The number of aromatic carboxylic acids is 1. The van der Waals surface area contributed by atoms with Crippen molar-refractivity contribution in [2.75, 3.05) is 38.0 Å². The number of hydrogen-bond acceptors (Lipinski definition) is 10. The van der Waals surface area contributed by atoms with Crippen LogP contribution in [0.1, 0.15) is 96.8 Å². The molecule has 10 N–H and O–H groups in total. The summed E-state index contributed by atoms with van der Waals surface area (Å²) >= 11 is 5.52. The van der Waals surface area contributed by atoms with Crippen LogP contribution >= 0.6 is 12.2 Å². The van der Waals surface area contributed by atoms with Crippen LogP contribution in [0.25, 0.3) is 33.4 Å². The van der Waals surface area contributed by atoms with E-state index in [0.717, 1.165) is 0 Å². The molecule has 1 aliphatic carbocycles. The molecular formula is C46H62N6O9S. The third kappa shape index (κ3) is 12.3. The minimum atomic E-state index is -1.20. The minimum Gasteiger partial charge on any atom is -0.508 e. The molecule has 1 heterocycles. The van der Waals surface area contributed by atoms with E-state index in [0.29, 0.717) is 86.0 Å². The van der Waals surface area contributed by atoms with Crippen molar-refractivity contribution < 1.29 is 38.9 Å². The second-order valence-electron chi connectivity index (χ2n) is 17.0. The van der Waals surface area contributed by atoms with Crippen molar-refractivity contribution >= 4 is 57.7 Å². The Labute approximate surface area is 368 Å². The first kappa shape index (κ1) is 49.1. The molecule has 62 heavy (non-hydrogen) atoms. The highest BCUT2D eigenvalue weighted by atomic mass is 32.1. The molecule has 336 valence electrons. The fourth-order valence-electron chi connectivity index (χ4n) is 8.16. The van der Waals surface area contributed by atoms with E-state index >= 15 is 0 Å². The Morgan fingerprint density at radius 1 is 0.806 bits per heavy atom. The van der Waals surface area contributed by atoms with Gasteiger partial charge in [0.2, 0.25) is 17.7 Å². The van der Waals surface area contributed by atoms with Gasteiger partial charge in [-0.15, -0.1) is 0 Å². The number of amides is 3. The summed E-state index contributed by atoms with van der Waals surface area (Å²) in [6.07, 6.45) is 2.34. The number of fused-ring (bicyclic) bond motifs is 2. The first-order valence-electron chi connectivity index (χ1n) is 21.1. The zero-order chi connectivity index (χ0) is 45.8. The van der Waals surface area contributed by atoms with Gasteiger partial charge in [0.25, 0.3) is 0 Å². The zero-order valence-electron chi connectivity index (χ0n) is 36.5. The first-order chi connectivity index (χ1) is 29.3. The standard InChI is InChI=1S/C46H62N6O9S/c1-7-17-45(5,41(59)51-25-28(3)53)27-46(6,42(60)48-19-9-18-47)26-44(4,8-2)40(58)49-20-10-21-50-43(62)52-29-11-14-32(35(22-29)39(56)57)38-33-15-12-30(54)23-36(33)61-37-24-31(55)13-16-34(37)38/h11-16,22-24,28,53-54H,7-10,17-21,25-27,47H2,1-6H3,(H,48,60)(H,49,58)(H,51,59)(H,56,57)(H2,50,52,62). The van der Waals surface area contributed by atoms with Gasteiger partial charge in [-0.25, -0.2) is 4.79 Å². The van der Waals surface area contributed by atoms with Gasteiger partial charge >= 0.3 is 5.97 Å². The average Bonchev–Trinajstić information content (AvgIpc) is 3.21. The number of phenolic OH excluding ortho intramolecular Hbond substituents is 1. The number of anilines is 1. The van der Waals surface area contributed by atoms with Gasteiger partial charge < -0.3 is 52.1 Å². The van der Waals surface area contributed by atoms with Crippen LogP contribution in [-0.2, 0) is 14.4 Å². The summed E-state index contributed by atoms with van der Waals surface area (Å²) < 4.78 is 5.92. The Hall–Kier alpha value is -5.58. The van der Waals surface area contributed by atoms with E-state index in [-0.39, 0.29) is 70.3 Å². The lowest BCUT2D eigenvalue weighted by Gasteiger charge is -2.42. The third-order valence-corrected chi connectivity index (χ3v) is 11.6. The number of carbonyl (C=O) groups is 4. The molecule has 3 amide bonds. The number of aliphatic hydroxyl groups excluding tert-OH is 1. The molecule has 2 aliphatic rings. The highest BCUT2D eigenvalue weighted by Crippen LogP contribution is 2.46. The van der Waals surface area contributed by atoms with Gasteiger partial charge in [-0.05, 0) is 106 Å². The van der Waals surface area contributed by atoms with Gasteiger partial charge in [-0.1, -0.05) is 47.1 Å². The van der Waals surface area contributed by atoms with Crippen LogP contribution in [0.4, 0.5) is 5.69 Å². The van der Waals surface area contributed by atoms with E-state index in [1.807, 2.05) is 34.6 Å². The molecule has 16 heteroatoms. The maximum atomic E-state index is 13.9. The number of nitrogens with one attached hydrogen (secondary N) is 5. The molecule has 1 aliphatic heterocycles. The van der Waals surface area contributed by atoms with Crippen LogP contribution in [0.15, 0.2) is 63.8 Å². The number of rotatable bonds is 22. The van der Waals surface area contributed by atoms with Crippen molar-refractivity contribution in [2.24, 2.45) is 22.0 Å². The van der Waals surface area contributed by atoms with E-state index in [4.69, 9.17) is 22.4 Å². The maximum absolute atomic E-state index is 13.9. The predicted molar refractivity (Wildman–Crippen MR) is 245 cm³/mol. The summed E-state index contributed by atoms with van der Waals surface area (Å²) in [7, 11) is 0. The SMILES string of the molecule is CCCC(C)(CC(C)(CC(C)(CC)C(=O)NCCCNC(=S)Nc1ccc(-c2c3ccc(=O)cc-3oc3cc(O)ccc23)c(C(=O)O)c1)C(=O)NCCCN)C(=O)NCC(C)O. The monoisotopic (exact) mass is 874 g/mol. The Bertz CT molecular complexity index is 2280. The summed E-state index contributed by atoms with van der Waals surface area (Å²) in [6.45, 7) is 12.5. The van der Waals surface area contributed by atoms with E-state index < -0.39 is 28.3 Å². The Kier molecular flexibility index (Phi) is 17.0. The smallest absolute Gasteiger partial charge is 0.336 e. The van der Waals surface area contributed by atoms with E-state index in [9.17, 15) is 39.3 Å². The van der Waals surface area contributed by atoms with Crippen LogP contribution in [0.3, 0.4) is 0 Å². The third-order valence-electron chi connectivity index (χ3n) is 11.4. The van der Waals surface area contributed by atoms with Gasteiger partial charge in [0.05, 0.1) is 11.7 Å². The lowest BCUT2D eigenvalue weighted by Crippen LogP contribution is -2.51. The molecule has 2 aromatic rings. The second-order valence-corrected chi connectivity index (χ2v) is 17.4. The summed E-state index contributed by atoms with van der Waals surface area (Å²) in [5, 5.41) is 46.0. The van der Waals surface area contributed by atoms with Gasteiger partial charge in [0.1, 0.15) is 17.1 Å². The molecule has 15 nitrogen and oxygen atoms in total. The lowest BCUT2D eigenvalue weighted by molar-refractivity contribution is -0.142. The molecule has 4 rings (SSSR count). The van der Waals surface area contributed by atoms with Crippen LogP contribution < -0.4 is 37.7 Å². The predicted octanol–water partition coefficient (Wildman–Crippen LogP) is 5.73. The fourth-order valence-corrected chi connectivity index (χ4v) is 8.38. The van der Waals surface area contributed by atoms with Crippen LogP contribution in [0.5, 0.6) is 5.75 Å². The number of hydrogen-bond donors (Lipinski definition) is 9. The van der Waals surface area contributed by atoms with Crippen molar-refractivity contribution in [1.82, 2.24) is 21.3 Å². The van der Waals surface area contributed by atoms with Gasteiger partial charge in [-0.3, -0.25) is 19.2 Å². The molecule has 0 spiro atoms. The lowest BCUT2D eigenvalue weighted by atomic mass is 9.62. The summed E-state index contributed by atoms with van der Waals surface area (Å²) in [5.74, 6) is -1.73. The zero-order valence-corrected chi connectivity index (χ0v) is 37.4. The Balaban J connectivity index is 1.43. The number of nitrogens with two attached hydrogens (primary N) is 1. The van der Waals surface area contributed by atoms with E-state index in [2.05, 4.69) is 26.6 Å². The molecule has 0 bridgehead atoms. The van der Waals surface area contributed by atoms with E-state index in [1.54, 1.807) is 31.2 Å². The van der Waals surface area contributed by atoms with Crippen molar-refractivity contribution in [3.8, 4) is 28.2 Å². The first-order valence-corrected chi connectivity index (χ1v) is 21.6. The largest absolute Gasteiger partial charge is 0.508 e. The molecule has 0 saturated carbocycles. The van der Waals surface area contributed by atoms with Crippen LogP contribution in [0, 0.1) is 16.2 Å². The number of aromatic hydroxyl groups is 1. The second kappa shape index (κ2) is 21.5. The number of carboxylic acids is 1. The normalized spacial score (nSPS) is 14.8. The number of thiocarbonyl (C=S) groups is 1. The molecule has 0 saturated heterocycles. The Morgan fingerprint density at radius 2 is 1.44 bits per heavy atom. The average molecular weight is 875 g/mol. The van der Waals surface area contributed by atoms with Crippen molar-refractivity contribution in [1.29, 1.82) is 0 Å². The molecule has 2 aromatic carbocycles. The number of carbonyl (C=O) groups excluding carboxylic acids is 3. The number of benzene rings is 3. The van der Waals surface area contributed by atoms with E-state index in [1.165, 1.54) is 30.3 Å². The van der Waals surface area contributed by atoms with Gasteiger partial charge in [-0.2, -0.15) is 0 Å². The van der Waals surface area contributed by atoms with Crippen LogP contribution in [0.2, 0.25) is 0 Å². The Morgan fingerprint density at radius 3 is 2.08 bits per heavy atom. The number of phenols is 1. The van der Waals surface area contributed by atoms with Crippen LogP contribution in [-0.4, -0.2) is 83.0 Å². The quantitative estimate of drug-likeness (QED) is 0.0261. The highest BCUT2D eigenvalue weighted by Gasteiger charge is 2.49. The van der Waals surface area contributed by atoms with Crippen molar-refractivity contribution in [3.05, 3.63) is 70.4 Å². The summed E-state index contributed by atoms with van der Waals surface area (Å²) in [5.41, 5.74) is 4.46. The topological polar surface area (TPSA) is 245 Å². The molecule has 0 radical (unpaired) electrons.